The zero-order valence-corrected chi connectivity index (χ0v) is 12.7. The van der Waals surface area contributed by atoms with Crippen LogP contribution in [0.15, 0.2) is 36.4 Å². The molecule has 3 rings (SSSR count). The molecule has 6 nitrogen and oxygen atoms in total. The van der Waals surface area contributed by atoms with E-state index in [2.05, 4.69) is 0 Å². The Labute approximate surface area is 132 Å². The molecule has 6 heteroatoms. The number of benzene rings is 2. The SMILES string of the molecule is COc1cc2c(c(O)c1OC)C(=O)CC(O)(c1ccccc1)O2. The van der Waals surface area contributed by atoms with Crippen molar-refractivity contribution in [2.45, 2.75) is 12.2 Å². The van der Waals surface area contributed by atoms with Gasteiger partial charge in [0.2, 0.25) is 11.5 Å². The van der Waals surface area contributed by atoms with E-state index < -0.39 is 11.6 Å². The Morgan fingerprint density at radius 2 is 1.87 bits per heavy atom. The smallest absolute Gasteiger partial charge is 0.242 e. The van der Waals surface area contributed by atoms with Crippen molar-refractivity contribution in [1.82, 2.24) is 0 Å². The van der Waals surface area contributed by atoms with Crippen molar-refractivity contribution in [2.24, 2.45) is 0 Å². The van der Waals surface area contributed by atoms with Gasteiger partial charge in [-0.1, -0.05) is 30.3 Å². The standard InChI is InChI=1S/C17H16O6/c1-21-13-8-12-14(15(19)16(13)22-2)11(18)9-17(20,23-12)10-6-4-3-5-7-10/h3-8,19-20H,9H2,1-2H3. The number of hydrogen-bond donors (Lipinski definition) is 2. The van der Waals surface area contributed by atoms with Crippen molar-refractivity contribution in [2.75, 3.05) is 14.2 Å². The van der Waals surface area contributed by atoms with Gasteiger partial charge in [0.25, 0.3) is 0 Å². The van der Waals surface area contributed by atoms with E-state index >= 15 is 0 Å². The number of phenols is 1. The van der Waals surface area contributed by atoms with Gasteiger partial charge in [0.05, 0.1) is 20.6 Å². The molecule has 1 aliphatic heterocycles. The third kappa shape index (κ3) is 2.37. The Hall–Kier alpha value is -2.73. The Balaban J connectivity index is 2.14. The van der Waals surface area contributed by atoms with E-state index in [4.69, 9.17) is 14.2 Å². The first-order valence-corrected chi connectivity index (χ1v) is 6.98. The van der Waals surface area contributed by atoms with Crippen molar-refractivity contribution in [3.8, 4) is 23.0 Å². The third-order valence-electron chi connectivity index (χ3n) is 3.79. The number of phenolic OH excluding ortho intramolecular Hbond substituents is 1. The average molecular weight is 316 g/mol. The number of Topliss-reactive ketones (excluding diaryl/α,β-unsaturated/α-hetero) is 1. The van der Waals surface area contributed by atoms with Crippen LogP contribution in [0.2, 0.25) is 0 Å². The zero-order chi connectivity index (χ0) is 16.6. The van der Waals surface area contributed by atoms with Crippen LogP contribution in [0.3, 0.4) is 0 Å². The molecule has 0 bridgehead atoms. The molecule has 0 saturated carbocycles. The van der Waals surface area contributed by atoms with Gasteiger partial charge in [0, 0.05) is 11.6 Å². The second-order valence-corrected chi connectivity index (χ2v) is 5.19. The monoisotopic (exact) mass is 316 g/mol. The molecular weight excluding hydrogens is 300 g/mol. The quantitative estimate of drug-likeness (QED) is 0.903. The minimum absolute atomic E-state index is 0.0248. The van der Waals surface area contributed by atoms with Crippen molar-refractivity contribution >= 4 is 5.78 Å². The van der Waals surface area contributed by atoms with E-state index in [9.17, 15) is 15.0 Å². The van der Waals surface area contributed by atoms with Gasteiger partial charge < -0.3 is 24.4 Å². The number of ketones is 1. The van der Waals surface area contributed by atoms with E-state index in [0.29, 0.717) is 5.56 Å². The zero-order valence-electron chi connectivity index (χ0n) is 12.7. The van der Waals surface area contributed by atoms with Crippen LogP contribution in [0, 0.1) is 0 Å². The van der Waals surface area contributed by atoms with E-state index in [1.807, 2.05) is 0 Å². The molecule has 1 atom stereocenters. The summed E-state index contributed by atoms with van der Waals surface area (Å²) in [7, 11) is 2.76. The Bertz CT molecular complexity index is 755. The van der Waals surface area contributed by atoms with Gasteiger partial charge in [-0.2, -0.15) is 0 Å². The van der Waals surface area contributed by atoms with Gasteiger partial charge in [-0.3, -0.25) is 4.79 Å². The number of carbonyl (C=O) groups is 1. The molecule has 0 radical (unpaired) electrons. The molecule has 2 aromatic rings. The lowest BCUT2D eigenvalue weighted by atomic mass is 9.92. The normalized spacial score (nSPS) is 19.7. The summed E-state index contributed by atoms with van der Waals surface area (Å²) in [6, 6.07) is 10.0. The number of carbonyl (C=O) groups excluding carboxylic acids is 1. The van der Waals surface area contributed by atoms with Crippen LogP contribution < -0.4 is 14.2 Å². The molecule has 23 heavy (non-hydrogen) atoms. The topological polar surface area (TPSA) is 85.2 Å². The van der Waals surface area contributed by atoms with Crippen molar-refractivity contribution in [3.05, 3.63) is 47.5 Å². The lowest BCUT2D eigenvalue weighted by Crippen LogP contribution is -2.39. The number of aromatic hydroxyl groups is 1. The van der Waals surface area contributed by atoms with Crippen LogP contribution >= 0.6 is 0 Å². The summed E-state index contributed by atoms with van der Waals surface area (Å²) in [6.07, 6.45) is -0.312. The largest absolute Gasteiger partial charge is 0.504 e. The van der Waals surface area contributed by atoms with Gasteiger partial charge in [0.15, 0.2) is 17.3 Å². The molecule has 0 aromatic heterocycles. The molecule has 0 aliphatic carbocycles. The lowest BCUT2D eigenvalue weighted by molar-refractivity contribution is -0.147. The maximum Gasteiger partial charge on any atom is 0.242 e. The minimum Gasteiger partial charge on any atom is -0.504 e. The lowest BCUT2D eigenvalue weighted by Gasteiger charge is -2.34. The highest BCUT2D eigenvalue weighted by atomic mass is 16.6. The number of aliphatic hydroxyl groups is 1. The van der Waals surface area contributed by atoms with Crippen LogP contribution in [0.1, 0.15) is 22.3 Å². The summed E-state index contributed by atoms with van der Waals surface area (Å²) in [5, 5.41) is 21.0. The molecule has 0 fully saturated rings. The maximum atomic E-state index is 12.5. The summed E-state index contributed by atoms with van der Waals surface area (Å²) in [4.78, 5) is 12.5. The fourth-order valence-corrected chi connectivity index (χ4v) is 2.69. The van der Waals surface area contributed by atoms with Crippen molar-refractivity contribution in [1.29, 1.82) is 0 Å². The van der Waals surface area contributed by atoms with Gasteiger partial charge >= 0.3 is 0 Å². The number of hydrogen-bond acceptors (Lipinski definition) is 6. The van der Waals surface area contributed by atoms with Crippen LogP contribution in [-0.2, 0) is 5.79 Å². The van der Waals surface area contributed by atoms with E-state index in [-0.39, 0.29) is 35.0 Å². The van der Waals surface area contributed by atoms with Crippen molar-refractivity contribution < 1.29 is 29.2 Å². The predicted octanol–water partition coefficient (Wildman–Crippen LogP) is 2.22. The molecule has 0 spiro atoms. The second-order valence-electron chi connectivity index (χ2n) is 5.19. The molecule has 1 unspecified atom stereocenters. The van der Waals surface area contributed by atoms with E-state index in [1.165, 1.54) is 20.3 Å². The van der Waals surface area contributed by atoms with E-state index in [0.717, 1.165) is 0 Å². The van der Waals surface area contributed by atoms with Gasteiger partial charge in [-0.15, -0.1) is 0 Å². The molecule has 1 heterocycles. The average Bonchev–Trinajstić information content (AvgIpc) is 2.54. The first-order valence-electron chi connectivity index (χ1n) is 6.98. The summed E-state index contributed by atoms with van der Waals surface area (Å²) in [5.74, 6) is -2.31. The fourth-order valence-electron chi connectivity index (χ4n) is 2.69. The maximum absolute atomic E-state index is 12.5. The van der Waals surface area contributed by atoms with Gasteiger partial charge in [-0.25, -0.2) is 0 Å². The summed E-state index contributed by atoms with van der Waals surface area (Å²) < 4.78 is 15.8. The number of fused-ring (bicyclic) bond motifs is 1. The molecule has 1 aliphatic rings. The van der Waals surface area contributed by atoms with E-state index in [1.54, 1.807) is 30.3 Å². The van der Waals surface area contributed by atoms with Crippen LogP contribution in [0.4, 0.5) is 0 Å². The number of rotatable bonds is 3. The highest BCUT2D eigenvalue weighted by molar-refractivity contribution is 6.04. The van der Waals surface area contributed by atoms with Crippen LogP contribution in [0.25, 0.3) is 0 Å². The molecule has 0 saturated heterocycles. The molecule has 2 N–H and O–H groups in total. The summed E-state index contributed by atoms with van der Waals surface area (Å²) in [6.45, 7) is 0. The second kappa shape index (κ2) is 5.48. The predicted molar refractivity (Wildman–Crippen MR) is 81.1 cm³/mol. The highest BCUT2D eigenvalue weighted by Gasteiger charge is 2.43. The van der Waals surface area contributed by atoms with Crippen LogP contribution in [0.5, 0.6) is 23.0 Å². The number of methoxy groups -OCH3 is 2. The Morgan fingerprint density at radius 3 is 2.48 bits per heavy atom. The Morgan fingerprint density at radius 1 is 1.17 bits per heavy atom. The summed E-state index contributed by atoms with van der Waals surface area (Å²) >= 11 is 0. The molecule has 0 amide bonds. The molecule has 120 valence electrons. The van der Waals surface area contributed by atoms with Gasteiger partial charge in [-0.05, 0) is 0 Å². The van der Waals surface area contributed by atoms with Gasteiger partial charge in [0.1, 0.15) is 11.3 Å². The first-order chi connectivity index (χ1) is 11.0. The highest BCUT2D eigenvalue weighted by Crippen LogP contribution is 2.49. The molecule has 2 aromatic carbocycles. The Kier molecular flexibility index (Phi) is 3.61. The van der Waals surface area contributed by atoms with Crippen LogP contribution in [-0.4, -0.2) is 30.2 Å². The molecular formula is C17H16O6. The minimum atomic E-state index is -1.79. The fraction of sp³-hybridized carbons (Fsp3) is 0.235. The summed E-state index contributed by atoms with van der Waals surface area (Å²) in [5.41, 5.74) is 0.427. The third-order valence-corrected chi connectivity index (χ3v) is 3.79. The van der Waals surface area contributed by atoms with Crippen molar-refractivity contribution in [3.63, 3.8) is 0 Å². The first kappa shape index (κ1) is 15.2. The number of ether oxygens (including phenoxy) is 3.